The number of nitrogens with one attached hydrogen (secondary N) is 1. The van der Waals surface area contributed by atoms with Crippen LogP contribution in [0.3, 0.4) is 0 Å². The number of amides is 1. The molecule has 1 fully saturated rings. The summed E-state index contributed by atoms with van der Waals surface area (Å²) in [6.45, 7) is 1.52. The van der Waals surface area contributed by atoms with E-state index in [1.807, 2.05) is 0 Å². The van der Waals surface area contributed by atoms with Crippen molar-refractivity contribution in [2.24, 2.45) is 0 Å². The second-order valence-electron chi connectivity index (χ2n) is 4.06. The number of nitrogens with zero attached hydrogens (tertiary/aromatic N) is 1. The lowest BCUT2D eigenvalue weighted by atomic mass is 10.1. The van der Waals surface area contributed by atoms with Crippen LogP contribution in [0.5, 0.6) is 0 Å². The van der Waals surface area contributed by atoms with E-state index in [-0.39, 0.29) is 11.7 Å². The van der Waals surface area contributed by atoms with E-state index in [1.54, 1.807) is 24.1 Å². The Morgan fingerprint density at radius 2 is 2.31 bits per heavy atom. The van der Waals surface area contributed by atoms with Gasteiger partial charge >= 0.3 is 0 Å². The number of hydrogen-bond acceptors (Lipinski definition) is 2. The summed E-state index contributed by atoms with van der Waals surface area (Å²) >= 11 is 0. The molecule has 86 valence electrons. The molecule has 1 amide bonds. The molecule has 0 radical (unpaired) electrons. The second-order valence-corrected chi connectivity index (χ2v) is 4.06. The normalized spacial score (nSPS) is 22.0. The van der Waals surface area contributed by atoms with Gasteiger partial charge in [0.2, 0.25) is 5.91 Å². The summed E-state index contributed by atoms with van der Waals surface area (Å²) < 4.78 is 13.1. The smallest absolute Gasteiger partial charge is 0.244 e. The predicted octanol–water partition coefficient (Wildman–Crippen LogP) is 1.32. The first-order valence-electron chi connectivity index (χ1n) is 5.42. The number of likely N-dealkylation sites (N-methyl/N-ethyl adjacent to an activating group) is 1. The Balaban J connectivity index is 2.27. The Kier molecular flexibility index (Phi) is 3.19. The molecule has 0 aromatic heterocycles. The van der Waals surface area contributed by atoms with Crippen molar-refractivity contribution in [1.82, 2.24) is 10.2 Å². The zero-order chi connectivity index (χ0) is 11.5. The van der Waals surface area contributed by atoms with Crippen molar-refractivity contribution in [3.63, 3.8) is 0 Å². The van der Waals surface area contributed by atoms with Crippen LogP contribution in [-0.4, -0.2) is 30.9 Å². The zero-order valence-corrected chi connectivity index (χ0v) is 9.24. The largest absolute Gasteiger partial charge is 0.344 e. The summed E-state index contributed by atoms with van der Waals surface area (Å²) in [5.74, 6) is -0.304. The molecule has 1 aromatic carbocycles. The summed E-state index contributed by atoms with van der Waals surface area (Å²) in [6, 6.07) is 5.79. The fourth-order valence-corrected chi connectivity index (χ4v) is 1.93. The van der Waals surface area contributed by atoms with Gasteiger partial charge in [-0.2, -0.15) is 0 Å². The van der Waals surface area contributed by atoms with Crippen LogP contribution in [0.2, 0.25) is 0 Å². The number of rotatable bonds is 1. The molecular weight excluding hydrogens is 207 g/mol. The summed E-state index contributed by atoms with van der Waals surface area (Å²) in [4.78, 5) is 13.7. The lowest BCUT2D eigenvalue weighted by Gasteiger charge is -2.20. The van der Waals surface area contributed by atoms with E-state index in [0.717, 1.165) is 19.5 Å². The molecule has 0 aliphatic carbocycles. The molecule has 1 N–H and O–H groups in total. The van der Waals surface area contributed by atoms with Gasteiger partial charge in [-0.25, -0.2) is 4.39 Å². The summed E-state index contributed by atoms with van der Waals surface area (Å²) in [6.07, 6.45) is 0.925. The van der Waals surface area contributed by atoms with Gasteiger partial charge in [0.1, 0.15) is 11.9 Å². The molecule has 1 aliphatic heterocycles. The van der Waals surface area contributed by atoms with Gasteiger partial charge in [0.05, 0.1) is 0 Å². The van der Waals surface area contributed by atoms with Gasteiger partial charge in [0, 0.05) is 13.6 Å². The molecule has 1 aromatic rings. The molecule has 1 aliphatic rings. The Bertz CT molecular complexity index is 394. The third-order valence-corrected chi connectivity index (χ3v) is 2.82. The number of halogens is 1. The molecule has 1 saturated heterocycles. The third-order valence-electron chi connectivity index (χ3n) is 2.82. The maximum absolute atomic E-state index is 13.1. The zero-order valence-electron chi connectivity index (χ0n) is 9.24. The van der Waals surface area contributed by atoms with Crippen LogP contribution in [0, 0.1) is 5.82 Å². The molecular formula is C12H15FN2O. The van der Waals surface area contributed by atoms with Crippen LogP contribution in [-0.2, 0) is 4.79 Å². The second kappa shape index (κ2) is 4.61. The Labute approximate surface area is 94.3 Å². The van der Waals surface area contributed by atoms with Gasteiger partial charge in [-0.05, 0) is 30.7 Å². The SMILES string of the molecule is CN1CCCNC(c2cccc(F)c2)C1=O. The van der Waals surface area contributed by atoms with Crippen LogP contribution in [0.1, 0.15) is 18.0 Å². The molecule has 4 heteroatoms. The highest BCUT2D eigenvalue weighted by atomic mass is 19.1. The standard InChI is InChI=1S/C12H15FN2O/c1-15-7-3-6-14-11(12(15)16)9-4-2-5-10(13)8-9/h2,4-5,8,11,14H,3,6-7H2,1H3. The van der Waals surface area contributed by atoms with Crippen molar-refractivity contribution in [2.75, 3.05) is 20.1 Å². The van der Waals surface area contributed by atoms with Crippen LogP contribution in [0.4, 0.5) is 4.39 Å². The van der Waals surface area contributed by atoms with Crippen LogP contribution >= 0.6 is 0 Å². The molecule has 1 heterocycles. The van der Waals surface area contributed by atoms with Crippen molar-refractivity contribution in [3.05, 3.63) is 35.6 Å². The Hall–Kier alpha value is -1.42. The Morgan fingerprint density at radius 1 is 1.50 bits per heavy atom. The van der Waals surface area contributed by atoms with Crippen molar-refractivity contribution in [2.45, 2.75) is 12.5 Å². The number of benzene rings is 1. The fraction of sp³-hybridized carbons (Fsp3) is 0.417. The lowest BCUT2D eigenvalue weighted by Crippen LogP contribution is -2.35. The Morgan fingerprint density at radius 3 is 3.06 bits per heavy atom. The predicted molar refractivity (Wildman–Crippen MR) is 59.4 cm³/mol. The molecule has 0 bridgehead atoms. The molecule has 1 unspecified atom stereocenters. The fourth-order valence-electron chi connectivity index (χ4n) is 1.93. The van der Waals surface area contributed by atoms with Crippen molar-refractivity contribution in [3.8, 4) is 0 Å². The minimum Gasteiger partial charge on any atom is -0.344 e. The van der Waals surface area contributed by atoms with Crippen molar-refractivity contribution >= 4 is 5.91 Å². The van der Waals surface area contributed by atoms with E-state index in [9.17, 15) is 9.18 Å². The number of carbonyl (C=O) groups excluding carboxylic acids is 1. The first kappa shape index (κ1) is 11.1. The van der Waals surface area contributed by atoms with Gasteiger partial charge in [0.25, 0.3) is 0 Å². The topological polar surface area (TPSA) is 32.3 Å². The molecule has 0 spiro atoms. The van der Waals surface area contributed by atoms with E-state index in [4.69, 9.17) is 0 Å². The highest BCUT2D eigenvalue weighted by molar-refractivity contribution is 5.83. The minimum absolute atomic E-state index is 0.00287. The van der Waals surface area contributed by atoms with E-state index >= 15 is 0 Å². The third kappa shape index (κ3) is 2.22. The molecule has 1 atom stereocenters. The first-order chi connectivity index (χ1) is 7.68. The van der Waals surface area contributed by atoms with Crippen molar-refractivity contribution < 1.29 is 9.18 Å². The van der Waals surface area contributed by atoms with Gasteiger partial charge in [-0.1, -0.05) is 12.1 Å². The first-order valence-corrected chi connectivity index (χ1v) is 5.42. The molecule has 0 saturated carbocycles. The average molecular weight is 222 g/mol. The molecule has 2 rings (SSSR count). The lowest BCUT2D eigenvalue weighted by molar-refractivity contribution is -0.131. The van der Waals surface area contributed by atoms with Gasteiger partial charge < -0.3 is 10.2 Å². The van der Waals surface area contributed by atoms with Crippen LogP contribution in [0.25, 0.3) is 0 Å². The number of carbonyl (C=O) groups is 1. The number of hydrogen-bond donors (Lipinski definition) is 1. The van der Waals surface area contributed by atoms with Crippen LogP contribution < -0.4 is 5.32 Å². The van der Waals surface area contributed by atoms with Crippen LogP contribution in [0.15, 0.2) is 24.3 Å². The van der Waals surface area contributed by atoms with E-state index in [0.29, 0.717) is 5.56 Å². The maximum Gasteiger partial charge on any atom is 0.244 e. The van der Waals surface area contributed by atoms with Gasteiger partial charge in [-0.3, -0.25) is 4.79 Å². The minimum atomic E-state index is -0.414. The summed E-state index contributed by atoms with van der Waals surface area (Å²) in [7, 11) is 1.78. The van der Waals surface area contributed by atoms with Gasteiger partial charge in [0.15, 0.2) is 0 Å². The summed E-state index contributed by atoms with van der Waals surface area (Å²) in [5.41, 5.74) is 0.693. The van der Waals surface area contributed by atoms with E-state index < -0.39 is 6.04 Å². The average Bonchev–Trinajstić information content (AvgIpc) is 2.42. The quantitative estimate of drug-likeness (QED) is 0.777. The van der Waals surface area contributed by atoms with Gasteiger partial charge in [-0.15, -0.1) is 0 Å². The highest BCUT2D eigenvalue weighted by Crippen LogP contribution is 2.18. The monoisotopic (exact) mass is 222 g/mol. The van der Waals surface area contributed by atoms with Crippen molar-refractivity contribution in [1.29, 1.82) is 0 Å². The summed E-state index contributed by atoms with van der Waals surface area (Å²) in [5, 5.41) is 3.15. The molecule has 16 heavy (non-hydrogen) atoms. The van der Waals surface area contributed by atoms with E-state index in [2.05, 4.69) is 5.32 Å². The highest BCUT2D eigenvalue weighted by Gasteiger charge is 2.25. The van der Waals surface area contributed by atoms with E-state index in [1.165, 1.54) is 12.1 Å². The maximum atomic E-state index is 13.1. The molecule has 3 nitrogen and oxygen atoms in total.